The maximum Gasteiger partial charge on any atom is 0.255 e. The Kier molecular flexibility index (Phi) is 3.84. The number of amides is 1. The van der Waals surface area contributed by atoms with Gasteiger partial charge in [0, 0.05) is 16.9 Å². The van der Waals surface area contributed by atoms with Crippen LogP contribution < -0.4 is 15.8 Å². The van der Waals surface area contributed by atoms with Gasteiger partial charge in [0.2, 0.25) is 0 Å². The molecule has 4 nitrogen and oxygen atoms in total. The molecule has 20 heavy (non-hydrogen) atoms. The van der Waals surface area contributed by atoms with Crippen LogP contribution in [0.4, 0.5) is 20.2 Å². The van der Waals surface area contributed by atoms with E-state index < -0.39 is 17.5 Å². The zero-order chi connectivity index (χ0) is 14.7. The van der Waals surface area contributed by atoms with Crippen LogP contribution in [0.3, 0.4) is 0 Å². The van der Waals surface area contributed by atoms with E-state index in [0.717, 1.165) is 18.2 Å². The van der Waals surface area contributed by atoms with E-state index in [1.807, 2.05) is 0 Å². The van der Waals surface area contributed by atoms with Crippen molar-refractivity contribution in [2.45, 2.75) is 0 Å². The highest BCUT2D eigenvalue weighted by molar-refractivity contribution is 6.04. The third kappa shape index (κ3) is 3.03. The van der Waals surface area contributed by atoms with E-state index in [0.29, 0.717) is 0 Å². The molecule has 0 fully saturated rings. The van der Waals surface area contributed by atoms with Gasteiger partial charge in [0.15, 0.2) is 11.6 Å². The molecule has 1 amide bonds. The Balaban J connectivity index is 2.23. The Labute approximate surface area is 114 Å². The normalized spacial score (nSPS) is 10.2. The number of ether oxygens (including phenoxy) is 1. The van der Waals surface area contributed by atoms with Crippen LogP contribution in [0.2, 0.25) is 0 Å². The number of rotatable bonds is 3. The maximum absolute atomic E-state index is 13.2. The molecule has 0 unspecified atom stereocenters. The van der Waals surface area contributed by atoms with Gasteiger partial charge in [-0.1, -0.05) is 0 Å². The van der Waals surface area contributed by atoms with Crippen molar-refractivity contribution < 1.29 is 18.3 Å². The number of anilines is 2. The first kappa shape index (κ1) is 13.8. The van der Waals surface area contributed by atoms with Gasteiger partial charge in [0.25, 0.3) is 5.91 Å². The molecule has 0 aliphatic heterocycles. The predicted octanol–water partition coefficient (Wildman–Crippen LogP) is 2.81. The zero-order valence-corrected chi connectivity index (χ0v) is 10.6. The van der Waals surface area contributed by atoms with Crippen molar-refractivity contribution in [1.82, 2.24) is 0 Å². The van der Waals surface area contributed by atoms with Crippen molar-refractivity contribution >= 4 is 17.3 Å². The molecule has 6 heteroatoms. The van der Waals surface area contributed by atoms with E-state index in [2.05, 4.69) is 5.32 Å². The molecule has 3 N–H and O–H groups in total. The van der Waals surface area contributed by atoms with Crippen molar-refractivity contribution in [3.63, 3.8) is 0 Å². The summed E-state index contributed by atoms with van der Waals surface area (Å²) in [6.07, 6.45) is 0. The van der Waals surface area contributed by atoms with Crippen LogP contribution >= 0.6 is 0 Å². The molecular weight excluding hydrogens is 266 g/mol. The minimum absolute atomic E-state index is 0.0450. The lowest BCUT2D eigenvalue weighted by molar-refractivity contribution is 0.102. The van der Waals surface area contributed by atoms with Gasteiger partial charge in [-0.3, -0.25) is 4.79 Å². The standard InChI is InChI=1S/C14H12F2N2O2/c1-20-13-4-8(2-3-12(13)16)14(19)18-11-6-9(15)5-10(17)7-11/h2-7H,17H2,1H3,(H,18,19). The van der Waals surface area contributed by atoms with Crippen LogP contribution in [-0.4, -0.2) is 13.0 Å². The monoisotopic (exact) mass is 278 g/mol. The van der Waals surface area contributed by atoms with Crippen LogP contribution in [0.25, 0.3) is 0 Å². The van der Waals surface area contributed by atoms with Gasteiger partial charge in [-0.25, -0.2) is 8.78 Å². The number of hydrogen-bond acceptors (Lipinski definition) is 3. The molecule has 0 aromatic heterocycles. The van der Waals surface area contributed by atoms with Gasteiger partial charge in [0.1, 0.15) is 5.82 Å². The lowest BCUT2D eigenvalue weighted by atomic mass is 10.2. The molecule has 0 saturated heterocycles. The molecule has 0 aliphatic rings. The third-order valence-electron chi connectivity index (χ3n) is 2.59. The SMILES string of the molecule is COc1cc(C(=O)Nc2cc(N)cc(F)c2)ccc1F. The van der Waals surface area contributed by atoms with E-state index in [1.165, 1.54) is 25.3 Å². The van der Waals surface area contributed by atoms with Crippen LogP contribution in [0, 0.1) is 11.6 Å². The van der Waals surface area contributed by atoms with Gasteiger partial charge in [-0.2, -0.15) is 0 Å². The molecule has 0 aliphatic carbocycles. The fourth-order valence-corrected chi connectivity index (χ4v) is 1.69. The first-order valence-corrected chi connectivity index (χ1v) is 5.70. The van der Waals surface area contributed by atoms with Gasteiger partial charge in [-0.15, -0.1) is 0 Å². The summed E-state index contributed by atoms with van der Waals surface area (Å²) in [5, 5.41) is 2.47. The molecule has 0 saturated carbocycles. The Bertz CT molecular complexity index is 639. The summed E-state index contributed by atoms with van der Waals surface area (Å²) in [5.74, 6) is -1.69. The second kappa shape index (κ2) is 5.56. The van der Waals surface area contributed by atoms with E-state index in [9.17, 15) is 13.6 Å². The number of halogens is 2. The van der Waals surface area contributed by atoms with Crippen molar-refractivity contribution in [3.8, 4) is 5.75 Å². The Morgan fingerprint density at radius 3 is 2.60 bits per heavy atom. The molecular formula is C14H12F2N2O2. The molecule has 0 atom stereocenters. The summed E-state index contributed by atoms with van der Waals surface area (Å²) in [6, 6.07) is 7.37. The Morgan fingerprint density at radius 1 is 1.20 bits per heavy atom. The Hall–Kier alpha value is -2.63. The summed E-state index contributed by atoms with van der Waals surface area (Å²) in [6.45, 7) is 0. The number of carbonyl (C=O) groups excluding carboxylic acids is 1. The van der Waals surface area contributed by atoms with Gasteiger partial charge < -0.3 is 15.8 Å². The second-order valence-corrected chi connectivity index (χ2v) is 4.08. The summed E-state index contributed by atoms with van der Waals surface area (Å²) in [4.78, 5) is 12.0. The van der Waals surface area contributed by atoms with Crippen molar-refractivity contribution in [1.29, 1.82) is 0 Å². The number of benzene rings is 2. The van der Waals surface area contributed by atoms with Crippen molar-refractivity contribution in [2.24, 2.45) is 0 Å². The average molecular weight is 278 g/mol. The number of methoxy groups -OCH3 is 1. The highest BCUT2D eigenvalue weighted by Crippen LogP contribution is 2.20. The minimum Gasteiger partial charge on any atom is -0.494 e. The van der Waals surface area contributed by atoms with Crippen LogP contribution in [0.1, 0.15) is 10.4 Å². The molecule has 0 bridgehead atoms. The molecule has 0 spiro atoms. The largest absolute Gasteiger partial charge is 0.494 e. The molecule has 104 valence electrons. The maximum atomic E-state index is 13.2. The van der Waals surface area contributed by atoms with Gasteiger partial charge in [0.05, 0.1) is 7.11 Å². The topological polar surface area (TPSA) is 64.3 Å². The smallest absolute Gasteiger partial charge is 0.255 e. The predicted molar refractivity (Wildman–Crippen MR) is 71.7 cm³/mol. The first-order chi connectivity index (χ1) is 9.49. The fraction of sp³-hybridized carbons (Fsp3) is 0.0714. The number of carbonyl (C=O) groups is 1. The van der Waals surface area contributed by atoms with Crippen LogP contribution in [-0.2, 0) is 0 Å². The number of nitrogens with two attached hydrogens (primary N) is 1. The number of nitrogens with one attached hydrogen (secondary N) is 1. The van der Waals surface area contributed by atoms with E-state index in [4.69, 9.17) is 10.5 Å². The van der Waals surface area contributed by atoms with Crippen molar-refractivity contribution in [3.05, 3.63) is 53.6 Å². The summed E-state index contributed by atoms with van der Waals surface area (Å²) in [5.41, 5.74) is 6.07. The lowest BCUT2D eigenvalue weighted by Crippen LogP contribution is -2.12. The number of hydrogen-bond donors (Lipinski definition) is 2. The molecule has 2 aromatic carbocycles. The van der Waals surface area contributed by atoms with E-state index >= 15 is 0 Å². The lowest BCUT2D eigenvalue weighted by Gasteiger charge is -2.08. The summed E-state index contributed by atoms with van der Waals surface area (Å²) in [7, 11) is 1.30. The summed E-state index contributed by atoms with van der Waals surface area (Å²) < 4.78 is 31.2. The van der Waals surface area contributed by atoms with E-state index in [1.54, 1.807) is 0 Å². The minimum atomic E-state index is -0.570. The molecule has 0 radical (unpaired) electrons. The second-order valence-electron chi connectivity index (χ2n) is 4.08. The number of nitrogen functional groups attached to an aromatic ring is 1. The summed E-state index contributed by atoms with van der Waals surface area (Å²) >= 11 is 0. The first-order valence-electron chi connectivity index (χ1n) is 5.70. The highest BCUT2D eigenvalue weighted by Gasteiger charge is 2.11. The van der Waals surface area contributed by atoms with Crippen LogP contribution in [0.15, 0.2) is 36.4 Å². The average Bonchev–Trinajstić information content (AvgIpc) is 2.37. The van der Waals surface area contributed by atoms with Gasteiger partial charge >= 0.3 is 0 Å². The van der Waals surface area contributed by atoms with Crippen molar-refractivity contribution in [2.75, 3.05) is 18.2 Å². The zero-order valence-electron chi connectivity index (χ0n) is 10.6. The molecule has 0 heterocycles. The molecule has 2 rings (SSSR count). The van der Waals surface area contributed by atoms with Crippen LogP contribution in [0.5, 0.6) is 5.75 Å². The van der Waals surface area contributed by atoms with Gasteiger partial charge in [-0.05, 0) is 36.4 Å². The molecule has 2 aromatic rings. The third-order valence-corrected chi connectivity index (χ3v) is 2.59. The fourth-order valence-electron chi connectivity index (χ4n) is 1.69. The highest BCUT2D eigenvalue weighted by atomic mass is 19.1. The quantitative estimate of drug-likeness (QED) is 0.848. The van der Waals surface area contributed by atoms with E-state index in [-0.39, 0.29) is 22.7 Å². The Morgan fingerprint density at radius 2 is 1.95 bits per heavy atom.